The fraction of sp³-hybridized carbons (Fsp3) is 0.378. The number of nitrogens with one attached hydrogen (secondary N) is 3. The Morgan fingerprint density at radius 3 is 1.94 bits per heavy atom. The van der Waals surface area contributed by atoms with Crippen LogP contribution < -0.4 is 20.7 Å². The summed E-state index contributed by atoms with van der Waals surface area (Å²) in [6.07, 6.45) is -7.31. The van der Waals surface area contributed by atoms with Crippen LogP contribution in [0, 0.1) is 17.2 Å². The standard InChI is InChI=1S/C37H38ClF6N3O7/c1-19(2)27(29(48)37(42,43)44)46-32(50)28(21-12-14-25(15-13-21)54-30(33(51)52)35(3,4)5)47-31(49)26(17-20-8-6-11-24(39)16-20)45-34(53)36(40,41)22-9-7-10-23(38)18-22/h6-16,18-19,26-28,30H,17H2,1-5H3,(H,45,53)(H,46,50)(H,47,49)(H,51,52)/t26-,27-,28-,30?/m0/s1. The van der Waals surface area contributed by atoms with E-state index in [9.17, 15) is 46.6 Å². The monoisotopic (exact) mass is 785 g/mol. The van der Waals surface area contributed by atoms with Gasteiger partial charge in [0, 0.05) is 22.4 Å². The maximum atomic E-state index is 15.4. The van der Waals surface area contributed by atoms with Crippen LogP contribution in [-0.2, 0) is 36.3 Å². The van der Waals surface area contributed by atoms with Gasteiger partial charge in [0.05, 0.1) is 6.04 Å². The highest BCUT2D eigenvalue weighted by Crippen LogP contribution is 2.31. The molecule has 292 valence electrons. The van der Waals surface area contributed by atoms with Gasteiger partial charge in [-0.3, -0.25) is 19.2 Å². The molecule has 0 saturated heterocycles. The second-order valence-corrected chi connectivity index (χ2v) is 14.2. The van der Waals surface area contributed by atoms with Crippen molar-refractivity contribution in [2.75, 3.05) is 0 Å². The summed E-state index contributed by atoms with van der Waals surface area (Å²) in [5.74, 6) is -14.4. The summed E-state index contributed by atoms with van der Waals surface area (Å²) in [4.78, 5) is 64.7. The molecule has 0 aromatic heterocycles. The van der Waals surface area contributed by atoms with Gasteiger partial charge in [-0.25, -0.2) is 9.18 Å². The quantitative estimate of drug-likeness (QED) is 0.132. The minimum absolute atomic E-state index is 0.0154. The van der Waals surface area contributed by atoms with E-state index in [0.717, 1.165) is 30.3 Å². The number of ether oxygens (including phenoxy) is 1. The minimum Gasteiger partial charge on any atom is -0.478 e. The molecular weight excluding hydrogens is 748 g/mol. The van der Waals surface area contributed by atoms with Crippen LogP contribution in [0.25, 0.3) is 0 Å². The Labute approximate surface area is 311 Å². The first kappa shape index (κ1) is 43.3. The van der Waals surface area contributed by atoms with Crippen molar-refractivity contribution in [3.05, 3.63) is 100 Å². The van der Waals surface area contributed by atoms with Crippen LogP contribution in [0.5, 0.6) is 5.75 Å². The lowest BCUT2D eigenvalue weighted by Crippen LogP contribution is -2.56. The van der Waals surface area contributed by atoms with Gasteiger partial charge in [0.1, 0.15) is 23.7 Å². The number of carboxylic acid groups (broad SMARTS) is 1. The van der Waals surface area contributed by atoms with Crippen LogP contribution in [0.15, 0.2) is 72.8 Å². The second kappa shape index (κ2) is 17.3. The van der Waals surface area contributed by atoms with Crippen LogP contribution >= 0.6 is 11.6 Å². The number of carbonyl (C=O) groups is 5. The summed E-state index contributed by atoms with van der Waals surface area (Å²) < 4.78 is 90.8. The Morgan fingerprint density at radius 1 is 0.815 bits per heavy atom. The van der Waals surface area contributed by atoms with Gasteiger partial charge in [-0.05, 0) is 53.4 Å². The van der Waals surface area contributed by atoms with Crippen molar-refractivity contribution in [2.24, 2.45) is 11.3 Å². The first-order chi connectivity index (χ1) is 24.9. The first-order valence-corrected chi connectivity index (χ1v) is 16.7. The van der Waals surface area contributed by atoms with Gasteiger partial charge in [-0.15, -0.1) is 0 Å². The maximum Gasteiger partial charge on any atom is 0.452 e. The number of aliphatic carboxylic acids is 1. The summed E-state index contributed by atoms with van der Waals surface area (Å²) in [5.41, 5.74) is -1.81. The highest BCUT2D eigenvalue weighted by molar-refractivity contribution is 6.30. The van der Waals surface area contributed by atoms with Crippen LogP contribution in [-0.4, -0.2) is 58.9 Å². The minimum atomic E-state index is -5.36. The third-order valence-corrected chi connectivity index (χ3v) is 8.21. The van der Waals surface area contributed by atoms with Gasteiger partial charge in [-0.1, -0.05) is 82.6 Å². The number of alkyl halides is 5. The highest BCUT2D eigenvalue weighted by Gasteiger charge is 2.46. The van der Waals surface area contributed by atoms with E-state index >= 15 is 8.78 Å². The van der Waals surface area contributed by atoms with Gasteiger partial charge in [0.15, 0.2) is 6.10 Å². The molecule has 0 aliphatic rings. The fourth-order valence-electron chi connectivity index (χ4n) is 5.14. The zero-order valence-electron chi connectivity index (χ0n) is 29.6. The van der Waals surface area contributed by atoms with Gasteiger partial charge in [0.2, 0.25) is 11.8 Å². The number of carboxylic acids is 1. The lowest BCUT2D eigenvalue weighted by molar-refractivity contribution is -0.175. The average molecular weight is 786 g/mol. The molecule has 0 spiro atoms. The summed E-state index contributed by atoms with van der Waals surface area (Å²) in [6.45, 7) is 7.27. The summed E-state index contributed by atoms with van der Waals surface area (Å²) >= 11 is 5.83. The molecule has 0 aliphatic heterocycles. The molecule has 3 amide bonds. The van der Waals surface area contributed by atoms with Crippen LogP contribution in [0.1, 0.15) is 57.4 Å². The fourth-order valence-corrected chi connectivity index (χ4v) is 5.33. The molecule has 3 aromatic rings. The van der Waals surface area contributed by atoms with E-state index in [-0.39, 0.29) is 21.9 Å². The number of benzene rings is 3. The normalized spacial score (nSPS) is 14.3. The van der Waals surface area contributed by atoms with Gasteiger partial charge in [-0.2, -0.15) is 22.0 Å². The topological polar surface area (TPSA) is 151 Å². The molecule has 3 aromatic carbocycles. The third kappa shape index (κ3) is 11.4. The van der Waals surface area contributed by atoms with Crippen molar-refractivity contribution in [3.8, 4) is 5.75 Å². The smallest absolute Gasteiger partial charge is 0.452 e. The van der Waals surface area contributed by atoms with E-state index in [1.165, 1.54) is 56.3 Å². The molecule has 1 unspecified atom stereocenters. The predicted molar refractivity (Wildman–Crippen MR) is 184 cm³/mol. The van der Waals surface area contributed by atoms with E-state index in [2.05, 4.69) is 5.32 Å². The highest BCUT2D eigenvalue weighted by atomic mass is 35.5. The molecule has 54 heavy (non-hydrogen) atoms. The van der Waals surface area contributed by atoms with Crippen molar-refractivity contribution in [2.45, 2.75) is 77.4 Å². The maximum absolute atomic E-state index is 15.4. The van der Waals surface area contributed by atoms with Gasteiger partial charge in [0.25, 0.3) is 11.7 Å². The Kier molecular flexibility index (Phi) is 13.9. The number of hydrogen-bond donors (Lipinski definition) is 4. The Bertz CT molecular complexity index is 1850. The molecule has 3 rings (SSSR count). The zero-order chi connectivity index (χ0) is 40.8. The Hall–Kier alpha value is -5.12. The van der Waals surface area contributed by atoms with Crippen LogP contribution in [0.2, 0.25) is 5.02 Å². The number of amides is 3. The number of Topliss-reactive ketones (excluding diaryl/α,β-unsaturated/α-hetero) is 1. The molecule has 0 heterocycles. The molecule has 4 N–H and O–H groups in total. The van der Waals surface area contributed by atoms with Gasteiger partial charge >= 0.3 is 18.1 Å². The molecule has 0 radical (unpaired) electrons. The third-order valence-electron chi connectivity index (χ3n) is 7.98. The first-order valence-electron chi connectivity index (χ1n) is 16.3. The summed E-state index contributed by atoms with van der Waals surface area (Å²) in [5, 5.41) is 15.7. The summed E-state index contributed by atoms with van der Waals surface area (Å²) in [6, 6.07) is 7.53. The molecule has 17 heteroatoms. The number of hydrogen-bond acceptors (Lipinski definition) is 6. The SMILES string of the molecule is CC(C)[C@H](NC(=O)[C@@H](NC(=O)[C@H](Cc1cccc(F)c1)NC(=O)C(F)(F)c1cccc(Cl)c1)c1ccc(OC(C(=O)O)C(C)(C)C)cc1)C(=O)C(F)(F)F. The molecule has 4 atom stereocenters. The van der Waals surface area contributed by atoms with Crippen molar-refractivity contribution in [3.63, 3.8) is 0 Å². The van der Waals surface area contributed by atoms with Crippen molar-refractivity contribution < 1.29 is 60.2 Å². The van der Waals surface area contributed by atoms with Crippen LogP contribution in [0.4, 0.5) is 26.3 Å². The average Bonchev–Trinajstić information content (AvgIpc) is 3.06. The number of halogens is 7. The Balaban J connectivity index is 2.06. The van der Waals surface area contributed by atoms with E-state index in [1.54, 1.807) is 20.8 Å². The van der Waals surface area contributed by atoms with Crippen molar-refractivity contribution in [1.82, 2.24) is 16.0 Å². The van der Waals surface area contributed by atoms with Gasteiger partial charge < -0.3 is 25.8 Å². The molecule has 0 saturated carbocycles. The summed E-state index contributed by atoms with van der Waals surface area (Å²) in [7, 11) is 0. The predicted octanol–water partition coefficient (Wildman–Crippen LogP) is 6.31. The molecule has 0 fully saturated rings. The molecule has 0 aliphatic carbocycles. The number of ketones is 1. The Morgan fingerprint density at radius 2 is 1.43 bits per heavy atom. The number of rotatable bonds is 15. The van der Waals surface area contributed by atoms with Crippen LogP contribution in [0.3, 0.4) is 0 Å². The lowest BCUT2D eigenvalue weighted by atomic mass is 9.89. The second-order valence-electron chi connectivity index (χ2n) is 13.7. The molecule has 10 nitrogen and oxygen atoms in total. The largest absolute Gasteiger partial charge is 0.478 e. The van der Waals surface area contributed by atoms with E-state index < -0.39 is 94.9 Å². The molecule has 0 bridgehead atoms. The zero-order valence-corrected chi connectivity index (χ0v) is 30.3. The van der Waals surface area contributed by atoms with Crippen molar-refractivity contribution in [1.29, 1.82) is 0 Å². The molecular formula is C37H38ClF6N3O7. The van der Waals surface area contributed by atoms with Crippen molar-refractivity contribution >= 4 is 41.1 Å². The lowest BCUT2D eigenvalue weighted by Gasteiger charge is -2.29. The number of carbonyl (C=O) groups excluding carboxylic acids is 4. The van der Waals surface area contributed by atoms with E-state index in [0.29, 0.717) is 0 Å². The van der Waals surface area contributed by atoms with E-state index in [1.807, 2.05) is 10.6 Å². The van der Waals surface area contributed by atoms with E-state index in [4.69, 9.17) is 16.3 Å².